The Morgan fingerprint density at radius 3 is 3.19 bits per heavy atom. The van der Waals surface area contributed by atoms with Crippen molar-refractivity contribution in [1.82, 2.24) is 10.1 Å². The minimum atomic E-state index is 0.678. The predicted molar refractivity (Wildman–Crippen MR) is 65.4 cm³/mol. The van der Waals surface area contributed by atoms with E-state index < -0.39 is 0 Å². The maximum Gasteiger partial charge on any atom is 0.226 e. The number of hydrogen-bond acceptors (Lipinski definition) is 5. The zero-order valence-electron chi connectivity index (χ0n) is 9.52. The van der Waals surface area contributed by atoms with E-state index in [9.17, 15) is 0 Å². The second-order valence-electron chi connectivity index (χ2n) is 4.28. The number of nitrogens with two attached hydrogens (primary N) is 1. The Hall–Kier alpha value is -0.550. The quantitative estimate of drug-likeness (QED) is 0.849. The molecule has 0 saturated carbocycles. The molecule has 0 aliphatic carbocycles. The lowest BCUT2D eigenvalue weighted by Crippen LogP contribution is -2.13. The van der Waals surface area contributed by atoms with Crippen LogP contribution in [0.4, 0.5) is 0 Å². The summed E-state index contributed by atoms with van der Waals surface area (Å²) < 4.78 is 5.18. The van der Waals surface area contributed by atoms with Gasteiger partial charge in [-0.2, -0.15) is 16.7 Å². The van der Waals surface area contributed by atoms with Gasteiger partial charge in [-0.15, -0.1) is 0 Å². The van der Waals surface area contributed by atoms with E-state index in [2.05, 4.69) is 10.1 Å². The van der Waals surface area contributed by atoms with Crippen molar-refractivity contribution in [2.45, 2.75) is 32.1 Å². The number of rotatable bonds is 5. The first kappa shape index (κ1) is 11.9. The van der Waals surface area contributed by atoms with Crippen molar-refractivity contribution in [3.8, 4) is 0 Å². The lowest BCUT2D eigenvalue weighted by Gasteiger charge is -2.19. The van der Waals surface area contributed by atoms with Gasteiger partial charge in [0, 0.05) is 12.8 Å². The van der Waals surface area contributed by atoms with Gasteiger partial charge < -0.3 is 10.3 Å². The Bertz CT molecular complexity index is 310. The summed E-state index contributed by atoms with van der Waals surface area (Å²) in [6.07, 6.45) is 5.33. The molecule has 1 unspecified atom stereocenters. The van der Waals surface area contributed by atoms with Crippen LogP contribution in [-0.2, 0) is 12.8 Å². The first-order valence-corrected chi connectivity index (χ1v) is 7.13. The molecule has 4 nitrogen and oxygen atoms in total. The molecule has 1 aromatic heterocycles. The molecule has 2 heterocycles. The molecule has 0 bridgehead atoms. The Morgan fingerprint density at radius 1 is 1.50 bits per heavy atom. The van der Waals surface area contributed by atoms with E-state index >= 15 is 0 Å². The number of thioether (sulfide) groups is 1. The summed E-state index contributed by atoms with van der Waals surface area (Å²) >= 11 is 2.04. The Morgan fingerprint density at radius 2 is 2.44 bits per heavy atom. The molecular weight excluding hydrogens is 222 g/mol. The summed E-state index contributed by atoms with van der Waals surface area (Å²) in [7, 11) is 0. The average molecular weight is 241 g/mol. The topological polar surface area (TPSA) is 64.9 Å². The molecular formula is C11H19N3OS. The van der Waals surface area contributed by atoms with Crippen molar-refractivity contribution in [1.29, 1.82) is 0 Å². The second kappa shape index (κ2) is 6.25. The maximum atomic E-state index is 5.44. The number of nitrogens with zero attached hydrogens (tertiary/aromatic N) is 2. The zero-order valence-corrected chi connectivity index (χ0v) is 10.3. The normalized spacial score (nSPS) is 21.2. The minimum absolute atomic E-state index is 0.678. The van der Waals surface area contributed by atoms with Crippen LogP contribution >= 0.6 is 11.8 Å². The molecule has 1 atom stereocenters. The molecule has 1 fully saturated rings. The van der Waals surface area contributed by atoms with Gasteiger partial charge >= 0.3 is 0 Å². The van der Waals surface area contributed by atoms with Crippen molar-refractivity contribution in [2.75, 3.05) is 18.1 Å². The van der Waals surface area contributed by atoms with E-state index in [1.807, 2.05) is 11.8 Å². The van der Waals surface area contributed by atoms with Gasteiger partial charge in [0.05, 0.1) is 0 Å². The highest BCUT2D eigenvalue weighted by Crippen LogP contribution is 2.24. The highest BCUT2D eigenvalue weighted by atomic mass is 32.2. The van der Waals surface area contributed by atoms with Gasteiger partial charge in [-0.05, 0) is 43.2 Å². The summed E-state index contributed by atoms with van der Waals surface area (Å²) in [6, 6.07) is 0. The van der Waals surface area contributed by atoms with Crippen LogP contribution in [-0.4, -0.2) is 28.2 Å². The third-order valence-electron chi connectivity index (χ3n) is 2.83. The number of aromatic nitrogens is 2. The number of aryl methyl sites for hydroxylation is 1. The molecule has 1 saturated heterocycles. The zero-order chi connectivity index (χ0) is 11.2. The van der Waals surface area contributed by atoms with Gasteiger partial charge in [-0.1, -0.05) is 5.16 Å². The van der Waals surface area contributed by atoms with Crippen molar-refractivity contribution in [2.24, 2.45) is 11.7 Å². The van der Waals surface area contributed by atoms with Crippen LogP contribution in [0.25, 0.3) is 0 Å². The van der Waals surface area contributed by atoms with E-state index in [4.69, 9.17) is 10.3 Å². The lowest BCUT2D eigenvalue weighted by atomic mass is 10.0. The smallest absolute Gasteiger partial charge is 0.226 e. The summed E-state index contributed by atoms with van der Waals surface area (Å²) in [5.41, 5.74) is 5.44. The molecule has 0 radical (unpaired) electrons. The maximum absolute atomic E-state index is 5.44. The summed E-state index contributed by atoms with van der Waals surface area (Å²) in [6.45, 7) is 0.678. The molecule has 2 rings (SSSR count). The van der Waals surface area contributed by atoms with Gasteiger partial charge in [0.2, 0.25) is 5.89 Å². The van der Waals surface area contributed by atoms with Crippen LogP contribution in [0.2, 0.25) is 0 Å². The standard InChI is InChI=1S/C11H19N3OS/c12-5-1-4-11-13-10(14-15-11)7-9-3-2-6-16-8-9/h9H,1-8,12H2. The Kier molecular flexibility index (Phi) is 4.66. The molecule has 1 aliphatic heterocycles. The third-order valence-corrected chi connectivity index (χ3v) is 4.12. The molecule has 0 aromatic carbocycles. The van der Waals surface area contributed by atoms with Crippen LogP contribution in [0.1, 0.15) is 31.0 Å². The first-order valence-electron chi connectivity index (χ1n) is 5.97. The Labute approximate surface area is 100 Å². The lowest BCUT2D eigenvalue weighted by molar-refractivity contribution is 0.367. The molecule has 0 spiro atoms. The van der Waals surface area contributed by atoms with Crippen molar-refractivity contribution >= 4 is 11.8 Å². The van der Waals surface area contributed by atoms with E-state index in [1.165, 1.54) is 24.3 Å². The fourth-order valence-electron chi connectivity index (χ4n) is 1.95. The van der Waals surface area contributed by atoms with Gasteiger partial charge in [-0.25, -0.2) is 0 Å². The third kappa shape index (κ3) is 3.49. The highest BCUT2D eigenvalue weighted by Gasteiger charge is 2.17. The van der Waals surface area contributed by atoms with E-state index in [-0.39, 0.29) is 0 Å². The van der Waals surface area contributed by atoms with Crippen LogP contribution in [0.5, 0.6) is 0 Å². The van der Waals surface area contributed by atoms with E-state index in [0.29, 0.717) is 6.54 Å². The summed E-state index contributed by atoms with van der Waals surface area (Å²) in [5, 5.41) is 4.03. The van der Waals surface area contributed by atoms with Crippen LogP contribution < -0.4 is 5.73 Å². The molecule has 2 N–H and O–H groups in total. The average Bonchev–Trinajstić information content (AvgIpc) is 2.75. The van der Waals surface area contributed by atoms with Crippen LogP contribution in [0.15, 0.2) is 4.52 Å². The molecule has 90 valence electrons. The fourth-order valence-corrected chi connectivity index (χ4v) is 3.11. The summed E-state index contributed by atoms with van der Waals surface area (Å²) in [4.78, 5) is 4.40. The van der Waals surface area contributed by atoms with E-state index in [0.717, 1.165) is 36.9 Å². The van der Waals surface area contributed by atoms with Gasteiger partial charge in [0.1, 0.15) is 0 Å². The van der Waals surface area contributed by atoms with E-state index in [1.54, 1.807) is 0 Å². The van der Waals surface area contributed by atoms with Gasteiger partial charge in [-0.3, -0.25) is 0 Å². The molecule has 5 heteroatoms. The molecule has 16 heavy (non-hydrogen) atoms. The van der Waals surface area contributed by atoms with Crippen LogP contribution in [0, 0.1) is 5.92 Å². The first-order chi connectivity index (χ1) is 7.88. The van der Waals surface area contributed by atoms with Crippen molar-refractivity contribution in [3.63, 3.8) is 0 Å². The second-order valence-corrected chi connectivity index (χ2v) is 5.43. The minimum Gasteiger partial charge on any atom is -0.339 e. The monoisotopic (exact) mass is 241 g/mol. The highest BCUT2D eigenvalue weighted by molar-refractivity contribution is 7.99. The van der Waals surface area contributed by atoms with Crippen LogP contribution in [0.3, 0.4) is 0 Å². The Balaban J connectivity index is 1.81. The fraction of sp³-hybridized carbons (Fsp3) is 0.818. The summed E-state index contributed by atoms with van der Waals surface area (Å²) in [5.74, 6) is 4.90. The largest absolute Gasteiger partial charge is 0.339 e. The SMILES string of the molecule is NCCCc1nc(CC2CCCSC2)no1. The van der Waals surface area contributed by atoms with Gasteiger partial charge in [0.25, 0.3) is 0 Å². The van der Waals surface area contributed by atoms with Crippen molar-refractivity contribution < 1.29 is 4.52 Å². The molecule has 1 aliphatic rings. The predicted octanol–water partition coefficient (Wildman–Crippen LogP) is 1.65. The molecule has 1 aromatic rings. The van der Waals surface area contributed by atoms with Crippen molar-refractivity contribution in [3.05, 3.63) is 11.7 Å². The molecule has 0 amide bonds. The van der Waals surface area contributed by atoms with Gasteiger partial charge in [0.15, 0.2) is 5.82 Å². The number of hydrogen-bond donors (Lipinski definition) is 1.